The van der Waals surface area contributed by atoms with Crippen molar-refractivity contribution in [3.8, 4) is 0 Å². The molecule has 0 saturated carbocycles. The maximum absolute atomic E-state index is 14.0. The standard InChI is InChI=1S/C15H15F2N5/c1-9(11-6-10(16)4-5-13(11)17)21(2)14-12-7-20-22(3)15(12)19-8-18-14/h4-9H,1-3H3/t9-/m1/s1. The molecule has 0 fully saturated rings. The Morgan fingerprint density at radius 3 is 2.77 bits per heavy atom. The van der Waals surface area contributed by atoms with Gasteiger partial charge in [0.25, 0.3) is 0 Å². The lowest BCUT2D eigenvalue weighted by Gasteiger charge is -2.27. The maximum atomic E-state index is 14.0. The summed E-state index contributed by atoms with van der Waals surface area (Å²) in [7, 11) is 3.57. The zero-order valence-electron chi connectivity index (χ0n) is 12.5. The normalized spacial score (nSPS) is 12.6. The zero-order valence-corrected chi connectivity index (χ0v) is 12.5. The van der Waals surface area contributed by atoms with E-state index in [1.165, 1.54) is 12.4 Å². The highest BCUT2D eigenvalue weighted by Crippen LogP contribution is 2.30. The van der Waals surface area contributed by atoms with E-state index >= 15 is 0 Å². The van der Waals surface area contributed by atoms with Crippen molar-refractivity contribution < 1.29 is 8.78 Å². The Hall–Kier alpha value is -2.57. The molecule has 0 amide bonds. The van der Waals surface area contributed by atoms with E-state index < -0.39 is 17.7 Å². The molecule has 7 heteroatoms. The number of halogens is 2. The summed E-state index contributed by atoms with van der Waals surface area (Å²) in [5.41, 5.74) is 0.960. The van der Waals surface area contributed by atoms with Crippen molar-refractivity contribution in [3.05, 3.63) is 47.9 Å². The van der Waals surface area contributed by atoms with Crippen LogP contribution < -0.4 is 4.90 Å². The van der Waals surface area contributed by atoms with Gasteiger partial charge in [-0.15, -0.1) is 0 Å². The third-order valence-corrected chi connectivity index (χ3v) is 3.83. The van der Waals surface area contributed by atoms with Crippen LogP contribution in [0.2, 0.25) is 0 Å². The van der Waals surface area contributed by atoms with E-state index in [4.69, 9.17) is 0 Å². The summed E-state index contributed by atoms with van der Waals surface area (Å²) in [5.74, 6) is -0.294. The lowest BCUT2D eigenvalue weighted by Crippen LogP contribution is -2.24. The Kier molecular flexibility index (Phi) is 3.48. The van der Waals surface area contributed by atoms with E-state index in [2.05, 4.69) is 15.1 Å². The predicted octanol–water partition coefficient (Wildman–Crippen LogP) is 2.84. The van der Waals surface area contributed by atoms with Gasteiger partial charge in [0.2, 0.25) is 0 Å². The lowest BCUT2D eigenvalue weighted by atomic mass is 10.1. The van der Waals surface area contributed by atoms with Crippen LogP contribution in [0.3, 0.4) is 0 Å². The van der Waals surface area contributed by atoms with Crippen molar-refractivity contribution >= 4 is 16.9 Å². The number of hydrogen-bond donors (Lipinski definition) is 0. The monoisotopic (exact) mass is 303 g/mol. The van der Waals surface area contributed by atoms with Crippen LogP contribution in [-0.4, -0.2) is 26.8 Å². The Morgan fingerprint density at radius 1 is 1.23 bits per heavy atom. The van der Waals surface area contributed by atoms with Crippen LogP contribution in [0.15, 0.2) is 30.7 Å². The molecule has 0 bridgehead atoms. The minimum Gasteiger partial charge on any atom is -0.352 e. The number of nitrogens with zero attached hydrogens (tertiary/aromatic N) is 5. The first-order valence-electron chi connectivity index (χ1n) is 6.79. The molecule has 3 aromatic rings. The highest BCUT2D eigenvalue weighted by Gasteiger charge is 2.20. The molecule has 3 rings (SSSR count). The molecule has 114 valence electrons. The number of hydrogen-bond acceptors (Lipinski definition) is 4. The van der Waals surface area contributed by atoms with Crippen LogP contribution in [0.4, 0.5) is 14.6 Å². The molecule has 0 N–H and O–H groups in total. The molecule has 0 spiro atoms. The number of fused-ring (bicyclic) bond motifs is 1. The molecule has 22 heavy (non-hydrogen) atoms. The average molecular weight is 303 g/mol. The summed E-state index contributed by atoms with van der Waals surface area (Å²) in [6.07, 6.45) is 3.10. The highest BCUT2D eigenvalue weighted by atomic mass is 19.1. The van der Waals surface area contributed by atoms with Crippen LogP contribution in [0, 0.1) is 11.6 Å². The summed E-state index contributed by atoms with van der Waals surface area (Å²) in [6, 6.07) is 3.05. The van der Waals surface area contributed by atoms with Gasteiger partial charge >= 0.3 is 0 Å². The Balaban J connectivity index is 2.05. The van der Waals surface area contributed by atoms with Crippen LogP contribution in [0.1, 0.15) is 18.5 Å². The first kappa shape index (κ1) is 14.4. The molecule has 0 radical (unpaired) electrons. The quantitative estimate of drug-likeness (QED) is 0.746. The predicted molar refractivity (Wildman–Crippen MR) is 79.5 cm³/mol. The van der Waals surface area contributed by atoms with Gasteiger partial charge in [-0.05, 0) is 25.1 Å². The van der Waals surface area contributed by atoms with Gasteiger partial charge in [0.1, 0.15) is 23.8 Å². The molecule has 0 aliphatic heterocycles. The van der Waals surface area contributed by atoms with Crippen molar-refractivity contribution in [2.45, 2.75) is 13.0 Å². The molecule has 1 aromatic carbocycles. The summed E-state index contributed by atoms with van der Waals surface area (Å²) in [4.78, 5) is 10.2. The Labute approximate surface area is 126 Å². The fourth-order valence-corrected chi connectivity index (χ4v) is 2.46. The second-order valence-corrected chi connectivity index (χ2v) is 5.16. The molecule has 2 aromatic heterocycles. The van der Waals surface area contributed by atoms with Gasteiger partial charge in [-0.1, -0.05) is 0 Å². The largest absolute Gasteiger partial charge is 0.352 e. The molecular formula is C15H15F2N5. The Morgan fingerprint density at radius 2 is 2.00 bits per heavy atom. The number of aromatic nitrogens is 4. The second-order valence-electron chi connectivity index (χ2n) is 5.16. The molecular weight excluding hydrogens is 288 g/mol. The average Bonchev–Trinajstić information content (AvgIpc) is 2.90. The van der Waals surface area contributed by atoms with Crippen molar-refractivity contribution in [1.29, 1.82) is 0 Å². The third-order valence-electron chi connectivity index (χ3n) is 3.83. The molecule has 0 aliphatic carbocycles. The molecule has 1 atom stereocenters. The van der Waals surface area contributed by atoms with Crippen molar-refractivity contribution in [2.24, 2.45) is 7.05 Å². The van der Waals surface area contributed by atoms with Gasteiger partial charge in [0, 0.05) is 19.7 Å². The first-order valence-corrected chi connectivity index (χ1v) is 6.79. The van der Waals surface area contributed by atoms with E-state index in [1.54, 1.807) is 36.8 Å². The van der Waals surface area contributed by atoms with Crippen LogP contribution in [0.5, 0.6) is 0 Å². The first-order chi connectivity index (χ1) is 10.5. The molecule has 0 unspecified atom stereocenters. The zero-order chi connectivity index (χ0) is 15.9. The molecule has 5 nitrogen and oxygen atoms in total. The minimum atomic E-state index is -0.467. The highest BCUT2D eigenvalue weighted by molar-refractivity contribution is 5.86. The van der Waals surface area contributed by atoms with Crippen molar-refractivity contribution in [1.82, 2.24) is 19.7 Å². The van der Waals surface area contributed by atoms with Gasteiger partial charge in [-0.2, -0.15) is 5.10 Å². The van der Waals surface area contributed by atoms with Gasteiger partial charge in [-0.3, -0.25) is 4.68 Å². The third kappa shape index (κ3) is 2.28. The van der Waals surface area contributed by atoms with E-state index in [0.29, 0.717) is 11.5 Å². The van der Waals surface area contributed by atoms with E-state index in [1.807, 2.05) is 0 Å². The van der Waals surface area contributed by atoms with Crippen LogP contribution in [0.25, 0.3) is 11.0 Å². The lowest BCUT2D eigenvalue weighted by molar-refractivity contribution is 0.564. The molecule has 0 saturated heterocycles. The smallest absolute Gasteiger partial charge is 0.163 e. The van der Waals surface area contributed by atoms with Gasteiger partial charge in [0.15, 0.2) is 5.65 Å². The SMILES string of the molecule is C[C@H](c1cc(F)ccc1F)N(C)c1ncnc2c1cnn2C. The fourth-order valence-electron chi connectivity index (χ4n) is 2.46. The number of rotatable bonds is 3. The minimum absolute atomic E-state index is 0.276. The number of aryl methyl sites for hydroxylation is 1. The van der Waals surface area contributed by atoms with Crippen molar-refractivity contribution in [3.63, 3.8) is 0 Å². The van der Waals surface area contributed by atoms with E-state index in [-0.39, 0.29) is 5.56 Å². The van der Waals surface area contributed by atoms with Crippen LogP contribution >= 0.6 is 0 Å². The summed E-state index contributed by atoms with van der Waals surface area (Å²) < 4.78 is 29.0. The van der Waals surface area contributed by atoms with Gasteiger partial charge < -0.3 is 4.90 Å². The van der Waals surface area contributed by atoms with E-state index in [9.17, 15) is 8.78 Å². The fraction of sp³-hybridized carbons (Fsp3) is 0.267. The summed E-state index contributed by atoms with van der Waals surface area (Å²) in [6.45, 7) is 1.79. The Bertz CT molecular complexity index is 830. The topological polar surface area (TPSA) is 46.8 Å². The van der Waals surface area contributed by atoms with Gasteiger partial charge in [-0.25, -0.2) is 18.7 Å². The number of anilines is 1. The second kappa shape index (κ2) is 5.32. The van der Waals surface area contributed by atoms with Gasteiger partial charge in [0.05, 0.1) is 17.6 Å². The molecule has 2 heterocycles. The maximum Gasteiger partial charge on any atom is 0.163 e. The summed E-state index contributed by atoms with van der Waals surface area (Å²) >= 11 is 0. The van der Waals surface area contributed by atoms with Crippen molar-refractivity contribution in [2.75, 3.05) is 11.9 Å². The summed E-state index contributed by atoms with van der Waals surface area (Å²) in [5, 5.41) is 4.92. The number of benzene rings is 1. The van der Waals surface area contributed by atoms with Crippen LogP contribution in [-0.2, 0) is 7.05 Å². The molecule has 0 aliphatic rings. The van der Waals surface area contributed by atoms with E-state index in [0.717, 1.165) is 17.5 Å².